The molecule has 0 aromatic heterocycles. The number of halogens is 2. The van der Waals surface area contributed by atoms with Gasteiger partial charge in [0.2, 0.25) is 5.75 Å². The highest BCUT2D eigenvalue weighted by molar-refractivity contribution is 6.33. The van der Waals surface area contributed by atoms with E-state index in [1.54, 1.807) is 18.2 Å². The molecule has 0 saturated carbocycles. The van der Waals surface area contributed by atoms with E-state index < -0.39 is 5.82 Å². The molecule has 0 aliphatic carbocycles. The maximum absolute atomic E-state index is 14.2. The molecule has 0 bridgehead atoms. The zero-order chi connectivity index (χ0) is 15.6. The van der Waals surface area contributed by atoms with E-state index in [-0.39, 0.29) is 27.9 Å². The smallest absolute Gasteiger partial charge is 0.211 e. The third kappa shape index (κ3) is 2.75. The topological polar surface area (TPSA) is 79.7 Å². The second kappa shape index (κ2) is 5.97. The molecule has 2 aromatic carbocycles. The first-order valence-corrected chi connectivity index (χ1v) is 6.29. The molecule has 4 N–H and O–H groups in total. The molecular weight excluding hydrogens is 299 g/mol. The Morgan fingerprint density at radius 3 is 2.10 bits per heavy atom. The third-order valence-corrected chi connectivity index (χ3v) is 3.19. The maximum atomic E-state index is 14.2. The van der Waals surface area contributed by atoms with Gasteiger partial charge >= 0.3 is 0 Å². The maximum Gasteiger partial charge on any atom is 0.211 e. The Morgan fingerprint density at radius 1 is 1.00 bits per heavy atom. The molecule has 112 valence electrons. The van der Waals surface area contributed by atoms with Crippen LogP contribution in [-0.2, 0) is 0 Å². The van der Waals surface area contributed by atoms with Crippen LogP contribution in [0.3, 0.4) is 0 Å². The van der Waals surface area contributed by atoms with Crippen LogP contribution in [0.1, 0.15) is 0 Å². The van der Waals surface area contributed by atoms with Crippen LogP contribution < -0.4 is 25.7 Å². The van der Waals surface area contributed by atoms with Gasteiger partial charge in [-0.15, -0.1) is 0 Å². The number of ether oxygens (including phenoxy) is 3. The normalized spacial score (nSPS) is 10.3. The van der Waals surface area contributed by atoms with Crippen molar-refractivity contribution in [2.75, 3.05) is 25.7 Å². The Morgan fingerprint density at radius 2 is 1.57 bits per heavy atom. The summed E-state index contributed by atoms with van der Waals surface area (Å²) in [5.41, 5.74) is 11.3. The summed E-state index contributed by atoms with van der Waals surface area (Å²) < 4.78 is 30.0. The van der Waals surface area contributed by atoms with E-state index >= 15 is 0 Å². The lowest BCUT2D eigenvalue weighted by Gasteiger charge is -2.16. The molecule has 2 aromatic rings. The van der Waals surface area contributed by atoms with Gasteiger partial charge in [0, 0.05) is 0 Å². The fourth-order valence-electron chi connectivity index (χ4n) is 1.77. The largest absolute Gasteiger partial charge is 0.493 e. The molecule has 0 unspecified atom stereocenters. The number of methoxy groups -OCH3 is 2. The van der Waals surface area contributed by atoms with Crippen molar-refractivity contribution in [1.29, 1.82) is 0 Å². The zero-order valence-electron chi connectivity index (χ0n) is 11.4. The highest BCUT2D eigenvalue weighted by atomic mass is 35.5. The van der Waals surface area contributed by atoms with Crippen LogP contribution in [0.15, 0.2) is 24.3 Å². The number of benzene rings is 2. The van der Waals surface area contributed by atoms with Crippen LogP contribution in [0, 0.1) is 5.82 Å². The summed E-state index contributed by atoms with van der Waals surface area (Å²) in [6.45, 7) is 0. The Labute approximate surface area is 126 Å². The predicted octanol–water partition coefficient (Wildman–Crippen LogP) is 3.45. The van der Waals surface area contributed by atoms with Crippen LogP contribution in [0.25, 0.3) is 0 Å². The first-order valence-electron chi connectivity index (χ1n) is 5.91. The van der Waals surface area contributed by atoms with E-state index in [9.17, 15) is 4.39 Å². The highest BCUT2D eigenvalue weighted by Crippen LogP contribution is 2.44. The van der Waals surface area contributed by atoms with E-state index in [4.69, 9.17) is 37.3 Å². The second-order valence-electron chi connectivity index (χ2n) is 4.11. The van der Waals surface area contributed by atoms with Gasteiger partial charge in [0.15, 0.2) is 23.1 Å². The molecule has 5 nitrogen and oxygen atoms in total. The van der Waals surface area contributed by atoms with Crippen molar-refractivity contribution in [3.8, 4) is 23.0 Å². The average Bonchev–Trinajstić information content (AvgIpc) is 2.49. The summed E-state index contributed by atoms with van der Waals surface area (Å²) in [6.07, 6.45) is 0. The highest BCUT2D eigenvalue weighted by Gasteiger charge is 2.20. The summed E-state index contributed by atoms with van der Waals surface area (Å²) in [7, 11) is 2.91. The van der Waals surface area contributed by atoms with Gasteiger partial charge in [0.1, 0.15) is 5.02 Å². The number of rotatable bonds is 4. The van der Waals surface area contributed by atoms with Gasteiger partial charge in [-0.2, -0.15) is 0 Å². The van der Waals surface area contributed by atoms with Gasteiger partial charge < -0.3 is 25.7 Å². The number of nitrogen functional groups attached to an aromatic ring is 2. The van der Waals surface area contributed by atoms with Crippen molar-refractivity contribution in [2.45, 2.75) is 0 Å². The molecule has 0 saturated heterocycles. The van der Waals surface area contributed by atoms with Crippen LogP contribution in [-0.4, -0.2) is 14.2 Å². The van der Waals surface area contributed by atoms with Gasteiger partial charge in [0.25, 0.3) is 0 Å². The molecule has 7 heteroatoms. The Balaban J connectivity index is 2.55. The van der Waals surface area contributed by atoms with E-state index in [1.165, 1.54) is 20.3 Å². The van der Waals surface area contributed by atoms with Crippen molar-refractivity contribution in [3.63, 3.8) is 0 Å². The average molecular weight is 313 g/mol. The van der Waals surface area contributed by atoms with Crippen molar-refractivity contribution in [3.05, 3.63) is 35.1 Å². The number of hydrogen-bond donors (Lipinski definition) is 2. The van der Waals surface area contributed by atoms with E-state index in [2.05, 4.69) is 0 Å². The van der Waals surface area contributed by atoms with Crippen LogP contribution in [0.5, 0.6) is 23.0 Å². The quantitative estimate of drug-likeness (QED) is 0.845. The molecule has 0 radical (unpaired) electrons. The number of anilines is 2. The van der Waals surface area contributed by atoms with Gasteiger partial charge in [-0.05, 0) is 18.2 Å². The van der Waals surface area contributed by atoms with Gasteiger partial charge in [0.05, 0.1) is 25.6 Å². The molecule has 0 heterocycles. The lowest BCUT2D eigenvalue weighted by molar-refractivity contribution is 0.340. The van der Waals surface area contributed by atoms with Crippen LogP contribution in [0.4, 0.5) is 15.8 Å². The Bertz CT molecular complexity index is 658. The van der Waals surface area contributed by atoms with E-state index in [0.717, 1.165) is 0 Å². The van der Waals surface area contributed by atoms with Crippen molar-refractivity contribution >= 4 is 23.0 Å². The van der Waals surface area contributed by atoms with Gasteiger partial charge in [-0.1, -0.05) is 17.7 Å². The minimum absolute atomic E-state index is 0.0161. The van der Waals surface area contributed by atoms with Crippen molar-refractivity contribution < 1.29 is 18.6 Å². The summed E-state index contributed by atoms with van der Waals surface area (Å²) in [4.78, 5) is 0. The molecule has 21 heavy (non-hydrogen) atoms. The summed E-state index contributed by atoms with van der Waals surface area (Å²) >= 11 is 5.77. The monoisotopic (exact) mass is 312 g/mol. The molecular formula is C14H14ClFN2O3. The molecule has 2 rings (SSSR count). The molecule has 0 aliphatic rings. The fraction of sp³-hybridized carbons (Fsp3) is 0.143. The minimum atomic E-state index is -0.845. The number of para-hydroxylation sites is 1. The first kappa shape index (κ1) is 15.1. The van der Waals surface area contributed by atoms with E-state index in [1.807, 2.05) is 0 Å². The number of nitrogens with two attached hydrogens (primary N) is 2. The predicted molar refractivity (Wildman–Crippen MR) is 79.9 cm³/mol. The molecule has 0 aliphatic heterocycles. The van der Waals surface area contributed by atoms with Crippen LogP contribution >= 0.6 is 11.6 Å². The summed E-state index contributed by atoms with van der Waals surface area (Å²) in [6, 6.07) is 6.32. The molecule has 0 atom stereocenters. The Kier molecular flexibility index (Phi) is 4.28. The first-order chi connectivity index (χ1) is 9.99. The lowest BCUT2D eigenvalue weighted by atomic mass is 10.2. The fourth-order valence-corrected chi connectivity index (χ4v) is 1.91. The van der Waals surface area contributed by atoms with E-state index in [0.29, 0.717) is 11.5 Å². The summed E-state index contributed by atoms with van der Waals surface area (Å²) in [5, 5.41) is -0.256. The minimum Gasteiger partial charge on any atom is -0.493 e. The molecule has 0 fully saturated rings. The van der Waals surface area contributed by atoms with Crippen molar-refractivity contribution in [1.82, 2.24) is 0 Å². The second-order valence-corrected chi connectivity index (χ2v) is 4.48. The molecule has 0 amide bonds. The van der Waals surface area contributed by atoms with Crippen LogP contribution in [0.2, 0.25) is 5.02 Å². The van der Waals surface area contributed by atoms with Gasteiger partial charge in [-0.3, -0.25) is 0 Å². The Hall–Kier alpha value is -2.34. The SMILES string of the molecule is COc1cccc(OC)c1Oc1c(N)cc(N)c(Cl)c1F. The third-order valence-electron chi connectivity index (χ3n) is 2.81. The lowest BCUT2D eigenvalue weighted by Crippen LogP contribution is -2.01. The zero-order valence-corrected chi connectivity index (χ0v) is 12.2. The standard InChI is InChI=1S/C14H14ClFN2O3/c1-19-9-4-3-5-10(20-2)14(9)21-13-8(18)6-7(17)11(15)12(13)16/h3-6H,17-18H2,1-2H3. The van der Waals surface area contributed by atoms with Gasteiger partial charge in [-0.25, -0.2) is 4.39 Å². The number of hydrogen-bond acceptors (Lipinski definition) is 5. The van der Waals surface area contributed by atoms with Crippen molar-refractivity contribution in [2.24, 2.45) is 0 Å². The summed E-state index contributed by atoms with van der Waals surface area (Å²) in [5.74, 6) is -0.171. The molecule has 0 spiro atoms.